The Morgan fingerprint density at radius 3 is 2.38 bits per heavy atom. The molecule has 2 saturated heterocycles. The third kappa shape index (κ3) is 2.03. The minimum atomic E-state index is -1.02. The maximum atomic E-state index is 11.8. The summed E-state index contributed by atoms with van der Waals surface area (Å²) in [5.74, 6) is -0.274. The molecule has 0 aliphatic carbocycles. The summed E-state index contributed by atoms with van der Waals surface area (Å²) in [4.78, 5) is 26.5. The Morgan fingerprint density at radius 2 is 1.88 bits per heavy atom. The highest BCUT2D eigenvalue weighted by molar-refractivity contribution is 6.02. The van der Waals surface area contributed by atoms with Gasteiger partial charge in [-0.15, -0.1) is 0 Å². The Bertz CT molecular complexity index is 310. The molecule has 2 amide bonds. The van der Waals surface area contributed by atoms with Crippen molar-refractivity contribution in [3.05, 3.63) is 0 Å². The first-order valence-corrected chi connectivity index (χ1v) is 5.36. The maximum absolute atomic E-state index is 11.8. The van der Waals surface area contributed by atoms with Crippen LogP contribution in [0.1, 0.15) is 13.8 Å². The highest BCUT2D eigenvalue weighted by Gasteiger charge is 2.47. The second-order valence-corrected chi connectivity index (χ2v) is 4.48. The molecule has 2 aliphatic heterocycles. The fourth-order valence-electron chi connectivity index (χ4n) is 1.79. The zero-order chi connectivity index (χ0) is 11.8. The van der Waals surface area contributed by atoms with Crippen molar-refractivity contribution in [2.24, 2.45) is 0 Å². The zero-order valence-corrected chi connectivity index (χ0v) is 9.56. The van der Waals surface area contributed by atoms with Crippen molar-refractivity contribution in [3.63, 3.8) is 0 Å². The lowest BCUT2D eigenvalue weighted by Gasteiger charge is -2.28. The molecule has 0 aromatic rings. The standard InChI is InChI=1S/C10H16N2O4/c1-10(2)8(13)12(9(14)16-10)7-11-3-5-15-6-4-11/h3-7H2,1-2H3. The van der Waals surface area contributed by atoms with Crippen molar-refractivity contribution in [1.82, 2.24) is 9.80 Å². The Hall–Kier alpha value is -1.14. The van der Waals surface area contributed by atoms with E-state index in [2.05, 4.69) is 0 Å². The lowest BCUT2D eigenvalue weighted by Crippen LogP contribution is -2.47. The minimum Gasteiger partial charge on any atom is -0.433 e. The quantitative estimate of drug-likeness (QED) is 0.667. The van der Waals surface area contributed by atoms with Gasteiger partial charge in [0, 0.05) is 13.1 Å². The molecule has 0 atom stereocenters. The van der Waals surface area contributed by atoms with Gasteiger partial charge >= 0.3 is 6.09 Å². The summed E-state index contributed by atoms with van der Waals surface area (Å²) in [6, 6.07) is 0. The van der Waals surface area contributed by atoms with E-state index in [-0.39, 0.29) is 5.91 Å². The van der Waals surface area contributed by atoms with E-state index in [9.17, 15) is 9.59 Å². The number of nitrogens with zero attached hydrogens (tertiary/aromatic N) is 2. The van der Waals surface area contributed by atoms with E-state index < -0.39 is 11.7 Å². The lowest BCUT2D eigenvalue weighted by molar-refractivity contribution is -0.136. The van der Waals surface area contributed by atoms with E-state index in [1.54, 1.807) is 13.8 Å². The highest BCUT2D eigenvalue weighted by Crippen LogP contribution is 2.23. The molecule has 0 saturated carbocycles. The van der Waals surface area contributed by atoms with Crippen LogP contribution in [0.5, 0.6) is 0 Å². The van der Waals surface area contributed by atoms with Gasteiger partial charge in [-0.2, -0.15) is 0 Å². The molecule has 2 fully saturated rings. The summed E-state index contributed by atoms with van der Waals surface area (Å²) < 4.78 is 10.2. The fraction of sp³-hybridized carbons (Fsp3) is 0.800. The molecule has 0 unspecified atom stereocenters. The van der Waals surface area contributed by atoms with Crippen molar-refractivity contribution >= 4 is 12.0 Å². The number of hydrogen-bond donors (Lipinski definition) is 0. The molecule has 6 nitrogen and oxygen atoms in total. The van der Waals surface area contributed by atoms with Crippen LogP contribution in [-0.2, 0) is 14.3 Å². The Kier molecular flexibility index (Phi) is 2.86. The molecule has 2 heterocycles. The predicted molar refractivity (Wildman–Crippen MR) is 54.7 cm³/mol. The first-order valence-electron chi connectivity index (χ1n) is 5.36. The first kappa shape index (κ1) is 11.3. The molecule has 6 heteroatoms. The van der Waals surface area contributed by atoms with Gasteiger partial charge in [-0.1, -0.05) is 0 Å². The van der Waals surface area contributed by atoms with Crippen LogP contribution in [-0.4, -0.2) is 60.4 Å². The number of cyclic esters (lactones) is 1. The predicted octanol–water partition coefficient (Wildman–Crippen LogP) is 0.0335. The summed E-state index contributed by atoms with van der Waals surface area (Å²) in [5, 5.41) is 0. The van der Waals surface area contributed by atoms with Crippen molar-refractivity contribution < 1.29 is 19.1 Å². The van der Waals surface area contributed by atoms with Gasteiger partial charge in [-0.05, 0) is 13.8 Å². The number of imide groups is 1. The van der Waals surface area contributed by atoms with Crippen LogP contribution in [0.2, 0.25) is 0 Å². The molecule has 0 aromatic heterocycles. The monoisotopic (exact) mass is 228 g/mol. The van der Waals surface area contributed by atoms with Crippen LogP contribution in [0.25, 0.3) is 0 Å². The highest BCUT2D eigenvalue weighted by atomic mass is 16.6. The SMILES string of the molecule is CC1(C)OC(=O)N(CN2CCOCC2)C1=O. The Morgan fingerprint density at radius 1 is 1.25 bits per heavy atom. The number of ether oxygens (including phenoxy) is 2. The Balaban J connectivity index is 1.99. The molecule has 2 aliphatic rings. The van der Waals surface area contributed by atoms with Gasteiger partial charge in [0.1, 0.15) is 0 Å². The van der Waals surface area contributed by atoms with Crippen molar-refractivity contribution in [1.29, 1.82) is 0 Å². The largest absolute Gasteiger partial charge is 0.433 e. The van der Waals surface area contributed by atoms with Crippen LogP contribution in [0.15, 0.2) is 0 Å². The average Bonchev–Trinajstić information content (AvgIpc) is 2.42. The molecular weight excluding hydrogens is 212 g/mol. The first-order chi connectivity index (χ1) is 7.50. The summed E-state index contributed by atoms with van der Waals surface area (Å²) in [5.41, 5.74) is -1.02. The van der Waals surface area contributed by atoms with Crippen molar-refractivity contribution in [2.45, 2.75) is 19.4 Å². The van der Waals surface area contributed by atoms with Crippen molar-refractivity contribution in [2.75, 3.05) is 33.0 Å². The number of amides is 2. The van der Waals surface area contributed by atoms with Crippen LogP contribution in [0, 0.1) is 0 Å². The van der Waals surface area contributed by atoms with Gasteiger partial charge in [-0.25, -0.2) is 9.69 Å². The average molecular weight is 228 g/mol. The summed E-state index contributed by atoms with van der Waals surface area (Å²) in [7, 11) is 0. The molecule has 0 spiro atoms. The molecule has 0 N–H and O–H groups in total. The molecule has 0 bridgehead atoms. The van der Waals surface area contributed by atoms with Gasteiger partial charge in [0.15, 0.2) is 5.60 Å². The van der Waals surface area contributed by atoms with Crippen LogP contribution >= 0.6 is 0 Å². The topological polar surface area (TPSA) is 59.1 Å². The van der Waals surface area contributed by atoms with Crippen LogP contribution in [0.4, 0.5) is 4.79 Å². The van der Waals surface area contributed by atoms with Gasteiger partial charge < -0.3 is 9.47 Å². The van der Waals surface area contributed by atoms with Gasteiger partial charge in [0.2, 0.25) is 0 Å². The van der Waals surface area contributed by atoms with Crippen LogP contribution < -0.4 is 0 Å². The second-order valence-electron chi connectivity index (χ2n) is 4.48. The molecule has 0 aromatic carbocycles. The number of rotatable bonds is 2. The third-order valence-corrected chi connectivity index (χ3v) is 2.77. The summed E-state index contributed by atoms with van der Waals surface area (Å²) in [6.07, 6.45) is -0.554. The number of carbonyl (C=O) groups is 2. The Labute approximate surface area is 94.1 Å². The number of morpholine rings is 1. The van der Waals surface area contributed by atoms with E-state index in [0.717, 1.165) is 18.0 Å². The number of carbonyl (C=O) groups excluding carboxylic acids is 2. The van der Waals surface area contributed by atoms with Crippen LogP contribution in [0.3, 0.4) is 0 Å². The van der Waals surface area contributed by atoms with E-state index in [1.807, 2.05) is 4.90 Å². The van der Waals surface area contributed by atoms with E-state index in [0.29, 0.717) is 19.9 Å². The van der Waals surface area contributed by atoms with Gasteiger partial charge in [-0.3, -0.25) is 9.69 Å². The maximum Gasteiger partial charge on any atom is 0.418 e. The molecule has 16 heavy (non-hydrogen) atoms. The second kappa shape index (κ2) is 4.03. The van der Waals surface area contributed by atoms with Gasteiger partial charge in [0.05, 0.1) is 19.9 Å². The van der Waals surface area contributed by atoms with E-state index in [4.69, 9.17) is 9.47 Å². The normalized spacial score (nSPS) is 26.0. The smallest absolute Gasteiger partial charge is 0.418 e. The third-order valence-electron chi connectivity index (χ3n) is 2.77. The van der Waals surface area contributed by atoms with Gasteiger partial charge in [0.25, 0.3) is 5.91 Å². The minimum absolute atomic E-state index is 0.274. The number of hydrogen-bond acceptors (Lipinski definition) is 5. The van der Waals surface area contributed by atoms with Crippen molar-refractivity contribution in [3.8, 4) is 0 Å². The lowest BCUT2D eigenvalue weighted by atomic mass is 10.1. The molecule has 0 radical (unpaired) electrons. The zero-order valence-electron chi connectivity index (χ0n) is 9.56. The fourth-order valence-corrected chi connectivity index (χ4v) is 1.79. The molecule has 2 rings (SSSR count). The van der Waals surface area contributed by atoms with E-state index in [1.165, 1.54) is 0 Å². The molecular formula is C10H16N2O4. The summed E-state index contributed by atoms with van der Waals surface area (Å²) >= 11 is 0. The van der Waals surface area contributed by atoms with E-state index >= 15 is 0 Å². The summed E-state index contributed by atoms with van der Waals surface area (Å²) in [6.45, 7) is 6.25. The molecule has 90 valence electrons.